The molecule has 0 aliphatic heterocycles. The summed E-state index contributed by atoms with van der Waals surface area (Å²) >= 11 is 3.46. The van der Waals surface area contributed by atoms with Crippen molar-refractivity contribution in [1.82, 2.24) is 0 Å². The first-order valence-electron chi connectivity index (χ1n) is 7.49. The molecule has 1 fully saturated rings. The van der Waals surface area contributed by atoms with Crippen molar-refractivity contribution in [2.24, 2.45) is 11.8 Å². The zero-order chi connectivity index (χ0) is 13.9. The molecule has 1 N–H and O–H groups in total. The Morgan fingerprint density at radius 1 is 1.21 bits per heavy atom. The summed E-state index contributed by atoms with van der Waals surface area (Å²) in [6, 6.07) is 8.35. The molecule has 106 valence electrons. The van der Waals surface area contributed by atoms with E-state index in [1.165, 1.54) is 37.7 Å². The topological polar surface area (TPSA) is 20.2 Å². The Morgan fingerprint density at radius 2 is 1.84 bits per heavy atom. The Hall–Kier alpha value is -0.340. The molecule has 2 rings (SSSR count). The van der Waals surface area contributed by atoms with Crippen LogP contribution in [0.2, 0.25) is 0 Å². The van der Waals surface area contributed by atoms with E-state index in [9.17, 15) is 5.11 Å². The summed E-state index contributed by atoms with van der Waals surface area (Å²) in [7, 11) is 0. The molecule has 1 nitrogen and oxygen atoms in total. The van der Waals surface area contributed by atoms with E-state index in [1.54, 1.807) is 0 Å². The summed E-state index contributed by atoms with van der Waals surface area (Å²) in [6.07, 6.45) is 7.04. The van der Waals surface area contributed by atoms with Gasteiger partial charge in [-0.1, -0.05) is 60.7 Å². The molecule has 0 spiro atoms. The molecule has 1 aromatic carbocycles. The maximum atomic E-state index is 11.0. The first-order valence-corrected chi connectivity index (χ1v) is 8.29. The molecule has 1 aliphatic rings. The Morgan fingerprint density at radius 3 is 2.47 bits per heavy atom. The number of hydrogen-bond donors (Lipinski definition) is 1. The van der Waals surface area contributed by atoms with Crippen molar-refractivity contribution in [1.29, 1.82) is 0 Å². The van der Waals surface area contributed by atoms with Crippen molar-refractivity contribution in [3.8, 4) is 0 Å². The van der Waals surface area contributed by atoms with Gasteiger partial charge in [0.15, 0.2) is 0 Å². The standard InChI is InChI=1S/C17H25BrO/c1-3-14-6-4-5-7-16(14)17(2,19)12-13-8-10-15(18)11-9-13/h8-11,14,16,19H,3-7,12H2,1-2H3. The molecule has 19 heavy (non-hydrogen) atoms. The molecule has 1 aromatic rings. The monoisotopic (exact) mass is 324 g/mol. The lowest BCUT2D eigenvalue weighted by molar-refractivity contribution is -0.0430. The maximum absolute atomic E-state index is 11.0. The third-order valence-electron chi connectivity index (χ3n) is 4.71. The smallest absolute Gasteiger partial charge is 0.0690 e. The highest BCUT2D eigenvalue weighted by molar-refractivity contribution is 9.10. The molecule has 1 saturated carbocycles. The highest BCUT2D eigenvalue weighted by Crippen LogP contribution is 2.40. The quantitative estimate of drug-likeness (QED) is 0.829. The van der Waals surface area contributed by atoms with Crippen LogP contribution in [0.15, 0.2) is 28.7 Å². The molecule has 2 heteroatoms. The van der Waals surface area contributed by atoms with Crippen LogP contribution in [0.3, 0.4) is 0 Å². The van der Waals surface area contributed by atoms with Gasteiger partial charge in [0, 0.05) is 10.9 Å². The first-order chi connectivity index (χ1) is 9.03. The number of benzene rings is 1. The van der Waals surface area contributed by atoms with Crippen LogP contribution in [0.25, 0.3) is 0 Å². The van der Waals surface area contributed by atoms with E-state index in [1.807, 2.05) is 6.92 Å². The molecule has 0 heterocycles. The molecule has 0 aromatic heterocycles. The summed E-state index contributed by atoms with van der Waals surface area (Å²) in [4.78, 5) is 0. The van der Waals surface area contributed by atoms with Gasteiger partial charge < -0.3 is 5.11 Å². The lowest BCUT2D eigenvalue weighted by atomic mass is 9.68. The largest absolute Gasteiger partial charge is 0.390 e. The van der Waals surface area contributed by atoms with Crippen LogP contribution in [0.5, 0.6) is 0 Å². The predicted molar refractivity (Wildman–Crippen MR) is 84.2 cm³/mol. The van der Waals surface area contributed by atoms with E-state index in [0.717, 1.165) is 10.9 Å². The molecule has 1 aliphatic carbocycles. The fourth-order valence-corrected chi connectivity index (χ4v) is 3.93. The van der Waals surface area contributed by atoms with Crippen molar-refractivity contribution in [3.05, 3.63) is 34.3 Å². The van der Waals surface area contributed by atoms with Gasteiger partial charge in [-0.15, -0.1) is 0 Å². The van der Waals surface area contributed by atoms with E-state index in [4.69, 9.17) is 0 Å². The van der Waals surface area contributed by atoms with E-state index in [0.29, 0.717) is 11.8 Å². The fourth-order valence-electron chi connectivity index (χ4n) is 3.66. The Balaban J connectivity index is 2.09. The van der Waals surface area contributed by atoms with Crippen LogP contribution in [0, 0.1) is 11.8 Å². The zero-order valence-corrected chi connectivity index (χ0v) is 13.6. The van der Waals surface area contributed by atoms with Gasteiger partial charge >= 0.3 is 0 Å². The number of hydrogen-bond acceptors (Lipinski definition) is 1. The van der Waals surface area contributed by atoms with Gasteiger partial charge in [0.25, 0.3) is 0 Å². The van der Waals surface area contributed by atoms with E-state index < -0.39 is 5.60 Å². The highest BCUT2D eigenvalue weighted by atomic mass is 79.9. The molecule has 0 bridgehead atoms. The normalized spacial score (nSPS) is 26.9. The van der Waals surface area contributed by atoms with Gasteiger partial charge in [0.2, 0.25) is 0 Å². The van der Waals surface area contributed by atoms with Gasteiger partial charge in [0.05, 0.1) is 5.60 Å². The molecule has 0 radical (unpaired) electrons. The summed E-state index contributed by atoms with van der Waals surface area (Å²) in [6.45, 7) is 4.30. The summed E-state index contributed by atoms with van der Waals surface area (Å²) in [5.41, 5.74) is 0.656. The second-order valence-corrected chi connectivity index (χ2v) is 7.14. The minimum atomic E-state index is -0.574. The predicted octanol–water partition coefficient (Wildman–Crippen LogP) is 4.96. The summed E-state index contributed by atoms with van der Waals surface area (Å²) < 4.78 is 1.10. The summed E-state index contributed by atoms with van der Waals surface area (Å²) in [5.74, 6) is 1.15. The van der Waals surface area contributed by atoms with Crippen LogP contribution in [-0.4, -0.2) is 10.7 Å². The Labute approximate surface area is 125 Å². The molecular weight excluding hydrogens is 300 g/mol. The van der Waals surface area contributed by atoms with Gasteiger partial charge in [-0.2, -0.15) is 0 Å². The second kappa shape index (κ2) is 6.41. The molecule has 0 amide bonds. The van der Waals surface area contributed by atoms with Crippen LogP contribution in [0.4, 0.5) is 0 Å². The zero-order valence-electron chi connectivity index (χ0n) is 12.0. The Bertz CT molecular complexity index is 396. The minimum Gasteiger partial charge on any atom is -0.390 e. The number of halogens is 1. The van der Waals surface area contributed by atoms with Gasteiger partial charge in [0.1, 0.15) is 0 Å². The molecule has 3 atom stereocenters. The average Bonchev–Trinajstić information content (AvgIpc) is 2.41. The van der Waals surface area contributed by atoms with Crippen molar-refractivity contribution in [2.45, 2.75) is 58.0 Å². The molecule has 3 unspecified atom stereocenters. The molecule has 0 saturated heterocycles. The van der Waals surface area contributed by atoms with E-state index in [-0.39, 0.29) is 0 Å². The number of rotatable bonds is 4. The third-order valence-corrected chi connectivity index (χ3v) is 5.24. The lowest BCUT2D eigenvalue weighted by Gasteiger charge is -2.41. The average molecular weight is 325 g/mol. The minimum absolute atomic E-state index is 0.454. The van der Waals surface area contributed by atoms with Crippen molar-refractivity contribution in [2.75, 3.05) is 0 Å². The van der Waals surface area contributed by atoms with Crippen molar-refractivity contribution < 1.29 is 5.11 Å². The van der Waals surface area contributed by atoms with E-state index >= 15 is 0 Å². The van der Waals surface area contributed by atoms with Crippen LogP contribution in [0.1, 0.15) is 51.5 Å². The summed E-state index contributed by atoms with van der Waals surface area (Å²) in [5, 5.41) is 11.0. The van der Waals surface area contributed by atoms with Gasteiger partial charge in [-0.05, 0) is 42.9 Å². The first kappa shape index (κ1) is 15.1. The lowest BCUT2D eigenvalue weighted by Crippen LogP contribution is -2.42. The van der Waals surface area contributed by atoms with Crippen molar-refractivity contribution >= 4 is 15.9 Å². The second-order valence-electron chi connectivity index (χ2n) is 6.22. The van der Waals surface area contributed by atoms with Crippen LogP contribution >= 0.6 is 15.9 Å². The van der Waals surface area contributed by atoms with E-state index in [2.05, 4.69) is 47.1 Å². The van der Waals surface area contributed by atoms with Crippen molar-refractivity contribution in [3.63, 3.8) is 0 Å². The number of aliphatic hydroxyl groups is 1. The fraction of sp³-hybridized carbons (Fsp3) is 0.647. The Kier molecular flexibility index (Phi) is 5.08. The highest BCUT2D eigenvalue weighted by Gasteiger charge is 2.38. The van der Waals surface area contributed by atoms with Crippen LogP contribution < -0.4 is 0 Å². The van der Waals surface area contributed by atoms with Crippen LogP contribution in [-0.2, 0) is 6.42 Å². The van der Waals surface area contributed by atoms with Gasteiger partial charge in [-0.3, -0.25) is 0 Å². The molecular formula is C17H25BrO. The maximum Gasteiger partial charge on any atom is 0.0690 e. The SMILES string of the molecule is CCC1CCCCC1C(C)(O)Cc1ccc(Br)cc1. The van der Waals surface area contributed by atoms with Gasteiger partial charge in [-0.25, -0.2) is 0 Å². The third kappa shape index (κ3) is 3.82.